The summed E-state index contributed by atoms with van der Waals surface area (Å²) in [4.78, 5) is 35.3. The molecule has 0 aliphatic carbocycles. The minimum Gasteiger partial charge on any atom is -0.369 e. The zero-order valence-electron chi connectivity index (χ0n) is 19.0. The van der Waals surface area contributed by atoms with Crippen LogP contribution in [0.1, 0.15) is 20.0 Å². The fourth-order valence-corrected chi connectivity index (χ4v) is 5.28. The van der Waals surface area contributed by atoms with Crippen molar-refractivity contribution in [3.63, 3.8) is 0 Å². The van der Waals surface area contributed by atoms with E-state index in [-0.39, 0.29) is 11.8 Å². The molecule has 0 bridgehead atoms. The van der Waals surface area contributed by atoms with Gasteiger partial charge in [-0.25, -0.2) is 0 Å². The number of amides is 2. The molecule has 2 N–H and O–H groups in total. The van der Waals surface area contributed by atoms with Gasteiger partial charge >= 0.3 is 0 Å². The van der Waals surface area contributed by atoms with E-state index in [1.807, 2.05) is 35.2 Å². The Balaban J connectivity index is 1.30. The molecular weight excluding hydrogens is 438 g/mol. The van der Waals surface area contributed by atoms with E-state index < -0.39 is 0 Å². The number of piperazine rings is 2. The molecular formula is C23H29N7O2S. The minimum atomic E-state index is -0.209. The SMILES string of the molecule is CN1CCN(C(=O)c2cc3[nH]nc(NC(=O)c4cccc(N5CCN(C)CC5)c4)c3s2)CC1. The normalized spacial score (nSPS) is 18.1. The average Bonchev–Trinajstić information content (AvgIpc) is 3.41. The fraction of sp³-hybridized carbons (Fsp3) is 0.435. The molecule has 0 unspecified atom stereocenters. The van der Waals surface area contributed by atoms with Gasteiger partial charge in [0.1, 0.15) is 0 Å². The number of hydrogen-bond acceptors (Lipinski definition) is 7. The highest BCUT2D eigenvalue weighted by Gasteiger charge is 2.24. The number of carbonyl (C=O) groups excluding carboxylic acids is 2. The summed E-state index contributed by atoms with van der Waals surface area (Å²) in [6.45, 7) is 7.13. The molecule has 0 radical (unpaired) electrons. The Hall–Kier alpha value is -2.95. The van der Waals surface area contributed by atoms with Crippen LogP contribution < -0.4 is 10.2 Å². The number of likely N-dealkylation sites (N-methyl/N-ethyl adjacent to an activating group) is 2. The van der Waals surface area contributed by atoms with Gasteiger partial charge in [0.2, 0.25) is 0 Å². The first-order chi connectivity index (χ1) is 16.0. The lowest BCUT2D eigenvalue weighted by Crippen LogP contribution is -2.46. The van der Waals surface area contributed by atoms with Crippen molar-refractivity contribution in [2.75, 3.05) is 76.7 Å². The zero-order chi connectivity index (χ0) is 22.9. The Morgan fingerprint density at radius 3 is 2.39 bits per heavy atom. The van der Waals surface area contributed by atoms with Crippen LogP contribution in [0.3, 0.4) is 0 Å². The molecule has 1 aromatic carbocycles. The maximum absolute atomic E-state index is 13.0. The summed E-state index contributed by atoms with van der Waals surface area (Å²) < 4.78 is 0.788. The smallest absolute Gasteiger partial charge is 0.264 e. The first-order valence-electron chi connectivity index (χ1n) is 11.3. The highest BCUT2D eigenvalue weighted by Crippen LogP contribution is 2.31. The second-order valence-electron chi connectivity index (χ2n) is 8.82. The standard InChI is InChI=1S/C23H29N7O2S/c1-27-6-10-29(11-7-27)17-5-3-4-16(14-17)22(31)24-21-20-18(25-26-21)15-19(33-20)23(32)30-12-8-28(2)9-13-30/h3-5,14-15H,6-13H2,1-2H3,(H2,24,25,26,31). The fourth-order valence-electron chi connectivity index (χ4n) is 4.26. The highest BCUT2D eigenvalue weighted by molar-refractivity contribution is 7.21. The number of nitrogens with one attached hydrogen (secondary N) is 2. The zero-order valence-corrected chi connectivity index (χ0v) is 19.8. The van der Waals surface area contributed by atoms with Gasteiger partial charge in [0.15, 0.2) is 5.82 Å². The van der Waals surface area contributed by atoms with Crippen molar-refractivity contribution in [1.29, 1.82) is 0 Å². The van der Waals surface area contributed by atoms with E-state index in [9.17, 15) is 9.59 Å². The molecule has 2 aromatic heterocycles. The number of benzene rings is 1. The minimum absolute atomic E-state index is 0.0369. The van der Waals surface area contributed by atoms with Crippen molar-refractivity contribution in [3.8, 4) is 0 Å². The van der Waals surface area contributed by atoms with Crippen LogP contribution in [0.5, 0.6) is 0 Å². The number of aromatic nitrogens is 2. The molecule has 174 valence electrons. The van der Waals surface area contributed by atoms with Gasteiger partial charge in [-0.05, 0) is 38.4 Å². The molecule has 2 aliphatic heterocycles. The number of nitrogens with zero attached hydrogens (tertiary/aromatic N) is 5. The molecule has 2 saturated heterocycles. The number of anilines is 2. The van der Waals surface area contributed by atoms with Gasteiger partial charge < -0.3 is 24.9 Å². The van der Waals surface area contributed by atoms with Gasteiger partial charge in [0.05, 0.1) is 15.1 Å². The van der Waals surface area contributed by atoms with Gasteiger partial charge in [-0.1, -0.05) is 6.07 Å². The molecule has 10 heteroatoms. The molecule has 4 heterocycles. The maximum atomic E-state index is 13.0. The molecule has 3 aromatic rings. The Morgan fingerprint density at radius 2 is 1.67 bits per heavy atom. The van der Waals surface area contributed by atoms with Crippen LogP contribution in [-0.2, 0) is 0 Å². The van der Waals surface area contributed by atoms with Crippen LogP contribution >= 0.6 is 11.3 Å². The van der Waals surface area contributed by atoms with Crippen molar-refractivity contribution < 1.29 is 9.59 Å². The quantitative estimate of drug-likeness (QED) is 0.611. The van der Waals surface area contributed by atoms with Gasteiger partial charge in [-0.3, -0.25) is 14.7 Å². The van der Waals surface area contributed by atoms with Crippen molar-refractivity contribution in [2.45, 2.75) is 0 Å². The average molecular weight is 468 g/mol. The Bertz CT molecular complexity index is 1160. The van der Waals surface area contributed by atoms with E-state index in [4.69, 9.17) is 0 Å². The van der Waals surface area contributed by atoms with Crippen molar-refractivity contribution in [1.82, 2.24) is 24.9 Å². The van der Waals surface area contributed by atoms with Crippen LogP contribution in [-0.4, -0.2) is 103 Å². The van der Waals surface area contributed by atoms with E-state index in [1.165, 1.54) is 11.3 Å². The molecule has 33 heavy (non-hydrogen) atoms. The third-order valence-corrected chi connectivity index (χ3v) is 7.58. The molecule has 0 saturated carbocycles. The van der Waals surface area contributed by atoms with Crippen LogP contribution in [0.15, 0.2) is 30.3 Å². The van der Waals surface area contributed by atoms with Crippen LogP contribution in [0, 0.1) is 0 Å². The van der Waals surface area contributed by atoms with Crippen molar-refractivity contribution >= 4 is 44.9 Å². The predicted octanol–water partition coefficient (Wildman–Crippen LogP) is 2.02. The molecule has 5 rings (SSSR count). The highest BCUT2D eigenvalue weighted by atomic mass is 32.1. The number of aromatic amines is 1. The first kappa shape index (κ1) is 21.9. The summed E-state index contributed by atoms with van der Waals surface area (Å²) in [6.07, 6.45) is 0. The van der Waals surface area contributed by atoms with Gasteiger partial charge in [0, 0.05) is 63.6 Å². The van der Waals surface area contributed by atoms with E-state index in [1.54, 1.807) is 0 Å². The van der Waals surface area contributed by atoms with Gasteiger partial charge in [-0.2, -0.15) is 5.10 Å². The summed E-state index contributed by atoms with van der Waals surface area (Å²) in [5.41, 5.74) is 2.41. The number of hydrogen-bond donors (Lipinski definition) is 2. The Kier molecular flexibility index (Phi) is 6.05. The van der Waals surface area contributed by atoms with Crippen molar-refractivity contribution in [3.05, 3.63) is 40.8 Å². The third kappa shape index (κ3) is 4.59. The lowest BCUT2D eigenvalue weighted by atomic mass is 10.1. The number of thiophene rings is 1. The van der Waals surface area contributed by atoms with Crippen LogP contribution in [0.25, 0.3) is 10.2 Å². The lowest BCUT2D eigenvalue weighted by molar-refractivity contribution is 0.0669. The van der Waals surface area contributed by atoms with E-state index in [0.29, 0.717) is 16.3 Å². The monoisotopic (exact) mass is 467 g/mol. The molecule has 2 amide bonds. The first-order valence-corrected chi connectivity index (χ1v) is 12.1. The second-order valence-corrected chi connectivity index (χ2v) is 9.87. The van der Waals surface area contributed by atoms with E-state index in [2.05, 4.69) is 44.3 Å². The predicted molar refractivity (Wildman–Crippen MR) is 131 cm³/mol. The number of fused-ring (bicyclic) bond motifs is 1. The van der Waals surface area contributed by atoms with Gasteiger partial charge in [-0.15, -0.1) is 11.3 Å². The molecule has 0 spiro atoms. The third-order valence-electron chi connectivity index (χ3n) is 6.45. The number of carbonyl (C=O) groups is 2. The Morgan fingerprint density at radius 1 is 0.970 bits per heavy atom. The van der Waals surface area contributed by atoms with Gasteiger partial charge in [0.25, 0.3) is 11.8 Å². The molecule has 0 atom stereocenters. The summed E-state index contributed by atoms with van der Waals surface area (Å²) in [7, 11) is 4.19. The topological polar surface area (TPSA) is 87.8 Å². The second kappa shape index (κ2) is 9.12. The summed E-state index contributed by atoms with van der Waals surface area (Å²) in [5, 5.41) is 10.1. The van der Waals surface area contributed by atoms with Crippen molar-refractivity contribution in [2.24, 2.45) is 0 Å². The number of H-pyrrole nitrogens is 1. The summed E-state index contributed by atoms with van der Waals surface area (Å²) in [6, 6.07) is 9.54. The maximum Gasteiger partial charge on any atom is 0.264 e. The summed E-state index contributed by atoms with van der Waals surface area (Å²) in [5.74, 6) is 0.289. The Labute approximate surface area is 196 Å². The van der Waals surface area contributed by atoms with Crippen LogP contribution in [0.2, 0.25) is 0 Å². The molecule has 2 fully saturated rings. The summed E-state index contributed by atoms with van der Waals surface area (Å²) >= 11 is 1.37. The largest absolute Gasteiger partial charge is 0.369 e. The molecule has 2 aliphatic rings. The van der Waals surface area contributed by atoms with E-state index in [0.717, 1.165) is 68.3 Å². The number of rotatable bonds is 4. The molecule has 9 nitrogen and oxygen atoms in total. The lowest BCUT2D eigenvalue weighted by Gasteiger charge is -2.34. The van der Waals surface area contributed by atoms with E-state index >= 15 is 0 Å². The van der Waals surface area contributed by atoms with Crippen LogP contribution in [0.4, 0.5) is 11.5 Å².